The maximum absolute atomic E-state index is 12.8. The van der Waals surface area contributed by atoms with Crippen LogP contribution in [0.25, 0.3) is 11.5 Å². The molecule has 0 radical (unpaired) electrons. The molecule has 1 saturated heterocycles. The molecule has 7 heteroatoms. The predicted octanol–water partition coefficient (Wildman–Crippen LogP) is 4.84. The van der Waals surface area contributed by atoms with E-state index in [1.165, 1.54) is 0 Å². The number of likely N-dealkylation sites (tertiary alicyclic amines) is 1. The predicted molar refractivity (Wildman–Crippen MR) is 125 cm³/mol. The summed E-state index contributed by atoms with van der Waals surface area (Å²) in [6.45, 7) is 4.80. The van der Waals surface area contributed by atoms with Crippen LogP contribution in [0.15, 0.2) is 52.9 Å². The third-order valence-corrected chi connectivity index (χ3v) is 6.11. The van der Waals surface area contributed by atoms with Crippen LogP contribution in [0.1, 0.15) is 29.9 Å². The van der Waals surface area contributed by atoms with Gasteiger partial charge in [-0.15, -0.1) is 0 Å². The van der Waals surface area contributed by atoms with Gasteiger partial charge < -0.3 is 14.5 Å². The lowest BCUT2D eigenvalue weighted by Crippen LogP contribution is -2.42. The molecule has 1 unspecified atom stereocenters. The molecular weight excluding hydrogens is 426 g/mol. The van der Waals surface area contributed by atoms with Gasteiger partial charge in [0.1, 0.15) is 11.5 Å². The minimum Gasteiger partial charge on any atom is -0.497 e. The highest BCUT2D eigenvalue weighted by molar-refractivity contribution is 6.30. The van der Waals surface area contributed by atoms with Crippen LogP contribution in [0.4, 0.5) is 0 Å². The zero-order chi connectivity index (χ0) is 22.5. The molecule has 168 valence electrons. The number of aryl methyl sites for hydroxylation is 1. The first-order chi connectivity index (χ1) is 15.5. The highest BCUT2D eigenvalue weighted by Crippen LogP contribution is 2.25. The lowest BCUT2D eigenvalue weighted by atomic mass is 9.97. The number of oxazole rings is 1. The van der Waals surface area contributed by atoms with Gasteiger partial charge in [0, 0.05) is 30.2 Å². The number of hydrogen-bond donors (Lipinski definition) is 1. The van der Waals surface area contributed by atoms with Gasteiger partial charge in [0.2, 0.25) is 11.8 Å². The van der Waals surface area contributed by atoms with Gasteiger partial charge >= 0.3 is 0 Å². The average molecular weight is 454 g/mol. The molecule has 0 saturated carbocycles. The van der Waals surface area contributed by atoms with Crippen LogP contribution in [0.5, 0.6) is 5.75 Å². The van der Waals surface area contributed by atoms with E-state index in [9.17, 15) is 4.79 Å². The molecule has 0 bridgehead atoms. The van der Waals surface area contributed by atoms with Crippen molar-refractivity contribution < 1.29 is 13.9 Å². The van der Waals surface area contributed by atoms with E-state index in [4.69, 9.17) is 25.7 Å². The number of halogens is 1. The maximum Gasteiger partial charge on any atom is 0.226 e. The Kier molecular flexibility index (Phi) is 7.12. The summed E-state index contributed by atoms with van der Waals surface area (Å²) in [6, 6.07) is 15.2. The van der Waals surface area contributed by atoms with Crippen molar-refractivity contribution in [2.75, 3.05) is 20.2 Å². The Bertz CT molecular complexity index is 1050. The number of carbonyl (C=O) groups is 1. The number of piperidine rings is 1. The number of carbonyl (C=O) groups excluding carboxylic acids is 1. The minimum absolute atomic E-state index is 0.0232. The van der Waals surface area contributed by atoms with Gasteiger partial charge in [-0.2, -0.15) is 0 Å². The maximum atomic E-state index is 12.8. The summed E-state index contributed by atoms with van der Waals surface area (Å²) in [5.74, 6) is 2.29. The van der Waals surface area contributed by atoms with Gasteiger partial charge in [-0.1, -0.05) is 23.7 Å². The zero-order valence-electron chi connectivity index (χ0n) is 18.4. The molecule has 1 aliphatic rings. The van der Waals surface area contributed by atoms with E-state index in [-0.39, 0.29) is 11.8 Å². The summed E-state index contributed by atoms with van der Waals surface area (Å²) in [4.78, 5) is 19.8. The Labute approximate surface area is 193 Å². The number of hydrogen-bond acceptors (Lipinski definition) is 5. The van der Waals surface area contributed by atoms with Crippen LogP contribution in [-0.2, 0) is 17.9 Å². The van der Waals surface area contributed by atoms with Gasteiger partial charge in [0.15, 0.2) is 0 Å². The molecule has 1 atom stereocenters. The van der Waals surface area contributed by atoms with E-state index < -0.39 is 0 Å². The van der Waals surface area contributed by atoms with Gasteiger partial charge in [0.25, 0.3) is 0 Å². The molecule has 1 fully saturated rings. The summed E-state index contributed by atoms with van der Waals surface area (Å²) in [6.07, 6.45) is 1.89. The first-order valence-electron chi connectivity index (χ1n) is 10.9. The van der Waals surface area contributed by atoms with Gasteiger partial charge in [-0.3, -0.25) is 9.69 Å². The van der Waals surface area contributed by atoms with Crippen LogP contribution < -0.4 is 10.1 Å². The Balaban J connectivity index is 1.33. The van der Waals surface area contributed by atoms with Crippen LogP contribution in [0.2, 0.25) is 5.02 Å². The number of methoxy groups -OCH3 is 1. The molecule has 1 N–H and O–H groups in total. The van der Waals surface area contributed by atoms with Crippen LogP contribution in [0.3, 0.4) is 0 Å². The molecular formula is C25H28ClN3O3. The molecule has 3 aromatic rings. The van der Waals surface area contributed by atoms with Crippen molar-refractivity contribution >= 4 is 17.5 Å². The summed E-state index contributed by atoms with van der Waals surface area (Å²) < 4.78 is 11.1. The zero-order valence-corrected chi connectivity index (χ0v) is 19.2. The van der Waals surface area contributed by atoms with Gasteiger partial charge in [-0.05, 0) is 68.3 Å². The van der Waals surface area contributed by atoms with Crippen molar-refractivity contribution in [3.8, 4) is 17.2 Å². The van der Waals surface area contributed by atoms with Crippen molar-refractivity contribution in [1.82, 2.24) is 15.2 Å². The molecule has 4 rings (SSSR count). The van der Waals surface area contributed by atoms with Crippen molar-refractivity contribution in [2.24, 2.45) is 5.92 Å². The minimum atomic E-state index is -0.0232. The second-order valence-electron chi connectivity index (χ2n) is 8.17. The Morgan fingerprint density at radius 1 is 1.22 bits per heavy atom. The number of amides is 1. The molecule has 2 heterocycles. The molecule has 0 spiro atoms. The summed E-state index contributed by atoms with van der Waals surface area (Å²) in [7, 11) is 1.64. The number of nitrogens with one attached hydrogen (secondary N) is 1. The third-order valence-electron chi connectivity index (χ3n) is 5.86. The van der Waals surface area contributed by atoms with Crippen LogP contribution >= 0.6 is 11.6 Å². The largest absolute Gasteiger partial charge is 0.497 e. The number of nitrogens with zero attached hydrogens (tertiary/aromatic N) is 2. The average Bonchev–Trinajstić information content (AvgIpc) is 3.18. The molecule has 1 amide bonds. The lowest BCUT2D eigenvalue weighted by molar-refractivity contribution is -0.127. The fourth-order valence-corrected chi connectivity index (χ4v) is 4.12. The summed E-state index contributed by atoms with van der Waals surface area (Å²) >= 11 is 5.98. The topological polar surface area (TPSA) is 67.6 Å². The second-order valence-corrected chi connectivity index (χ2v) is 8.61. The van der Waals surface area contributed by atoms with Crippen molar-refractivity contribution in [1.29, 1.82) is 0 Å². The highest BCUT2D eigenvalue weighted by Gasteiger charge is 2.27. The first kappa shape index (κ1) is 22.4. The smallest absolute Gasteiger partial charge is 0.226 e. The molecule has 1 aromatic heterocycles. The van der Waals surface area contributed by atoms with Crippen molar-refractivity contribution in [3.05, 3.63) is 70.6 Å². The number of ether oxygens (including phenoxy) is 1. The molecule has 6 nitrogen and oxygen atoms in total. The summed E-state index contributed by atoms with van der Waals surface area (Å²) in [5.41, 5.74) is 2.87. The van der Waals surface area contributed by atoms with Crippen molar-refractivity contribution in [3.63, 3.8) is 0 Å². The van der Waals surface area contributed by atoms with E-state index in [0.717, 1.165) is 54.3 Å². The van der Waals surface area contributed by atoms with Gasteiger partial charge in [-0.25, -0.2) is 4.98 Å². The normalized spacial score (nSPS) is 16.7. The monoisotopic (exact) mass is 453 g/mol. The number of rotatable bonds is 7. The molecule has 1 aliphatic heterocycles. The van der Waals surface area contributed by atoms with Gasteiger partial charge in [0.05, 0.1) is 18.7 Å². The van der Waals surface area contributed by atoms with Crippen LogP contribution in [-0.4, -0.2) is 36.0 Å². The van der Waals surface area contributed by atoms with E-state index in [1.54, 1.807) is 7.11 Å². The SMILES string of the molecule is COc1ccc(CNC(=O)C2CCCN(Cc3nc(-c4ccc(Cl)cc4)oc3C)C2)cc1. The fourth-order valence-electron chi connectivity index (χ4n) is 3.99. The molecule has 0 aliphatic carbocycles. The lowest BCUT2D eigenvalue weighted by Gasteiger charge is -2.31. The molecule has 2 aromatic carbocycles. The van der Waals surface area contributed by atoms with Crippen LogP contribution in [0, 0.1) is 12.8 Å². The summed E-state index contributed by atoms with van der Waals surface area (Å²) in [5, 5.41) is 3.76. The third kappa shape index (κ3) is 5.50. The quantitative estimate of drug-likeness (QED) is 0.554. The number of aromatic nitrogens is 1. The standard InChI is InChI=1S/C25H28ClN3O3/c1-17-23(28-25(32-17)19-7-9-21(26)10-8-19)16-29-13-3-4-20(15-29)24(30)27-14-18-5-11-22(31-2)12-6-18/h5-12,20H,3-4,13-16H2,1-2H3,(H,27,30). The fraction of sp³-hybridized carbons (Fsp3) is 0.360. The molecule has 32 heavy (non-hydrogen) atoms. The van der Waals surface area contributed by atoms with E-state index in [2.05, 4.69) is 10.2 Å². The van der Waals surface area contributed by atoms with E-state index >= 15 is 0 Å². The Morgan fingerprint density at radius 2 is 1.97 bits per heavy atom. The first-order valence-corrected chi connectivity index (χ1v) is 11.2. The highest BCUT2D eigenvalue weighted by atomic mass is 35.5. The van der Waals surface area contributed by atoms with E-state index in [1.807, 2.05) is 55.5 Å². The Hall–Kier alpha value is -2.83. The Morgan fingerprint density at radius 3 is 2.69 bits per heavy atom. The van der Waals surface area contributed by atoms with E-state index in [0.29, 0.717) is 24.0 Å². The second kappa shape index (κ2) is 10.2. The number of benzene rings is 2. The van der Waals surface area contributed by atoms with Crippen molar-refractivity contribution in [2.45, 2.75) is 32.9 Å².